The van der Waals surface area contributed by atoms with Crippen LogP contribution in [0.15, 0.2) is 29.4 Å². The number of nitrogens with zero attached hydrogens (tertiary/aromatic N) is 2. The summed E-state index contributed by atoms with van der Waals surface area (Å²) in [6.07, 6.45) is -1.67. The minimum Gasteiger partial charge on any atom is -0.431 e. The van der Waals surface area contributed by atoms with E-state index in [-0.39, 0.29) is 30.6 Å². The summed E-state index contributed by atoms with van der Waals surface area (Å²) >= 11 is 0. The van der Waals surface area contributed by atoms with Crippen molar-refractivity contribution in [3.63, 3.8) is 0 Å². The van der Waals surface area contributed by atoms with Crippen LogP contribution in [0, 0.1) is 0 Å². The number of likely N-dealkylation sites (tertiary alicyclic amines) is 1. The van der Waals surface area contributed by atoms with Gasteiger partial charge in [0.25, 0.3) is 5.91 Å². The number of amidine groups is 1. The lowest BCUT2D eigenvalue weighted by molar-refractivity contribution is -0.176. The van der Waals surface area contributed by atoms with Crippen molar-refractivity contribution in [3.8, 4) is 0 Å². The van der Waals surface area contributed by atoms with Crippen LogP contribution in [-0.2, 0) is 28.5 Å². The lowest BCUT2D eigenvalue weighted by atomic mass is 10.1. The zero-order chi connectivity index (χ0) is 27.5. The maximum absolute atomic E-state index is 12.8. The number of amides is 2. The Hall–Kier alpha value is -3.87. The normalized spacial score (nSPS) is 16.0. The van der Waals surface area contributed by atoms with Crippen LogP contribution < -0.4 is 11.1 Å². The number of carbonyl (C=O) groups excluding carboxylic acids is 4. The highest BCUT2D eigenvalue weighted by Crippen LogP contribution is 2.15. The quantitative estimate of drug-likeness (QED) is 0.101. The van der Waals surface area contributed by atoms with Gasteiger partial charge in [-0.05, 0) is 45.7 Å². The van der Waals surface area contributed by atoms with E-state index in [1.54, 1.807) is 25.7 Å². The molecule has 0 aromatic heterocycles. The average Bonchev–Trinajstić information content (AvgIpc) is 2.86. The van der Waals surface area contributed by atoms with E-state index in [0.717, 1.165) is 0 Å². The van der Waals surface area contributed by atoms with Crippen LogP contribution in [0.3, 0.4) is 0 Å². The molecule has 1 fully saturated rings. The Labute approximate surface area is 214 Å². The van der Waals surface area contributed by atoms with E-state index < -0.39 is 30.4 Å². The summed E-state index contributed by atoms with van der Waals surface area (Å²) < 4.78 is 20.2. The van der Waals surface area contributed by atoms with Gasteiger partial charge in [-0.2, -0.15) is 0 Å². The zero-order valence-corrected chi connectivity index (χ0v) is 21.3. The molecule has 0 bridgehead atoms. The molecule has 13 nitrogen and oxygen atoms in total. The molecule has 1 aliphatic rings. The summed E-state index contributed by atoms with van der Waals surface area (Å²) in [4.78, 5) is 50.3. The van der Waals surface area contributed by atoms with E-state index in [0.29, 0.717) is 37.1 Å². The molecular weight excluding hydrogens is 488 g/mol. The fraction of sp³-hybridized carbons (Fsp3) is 0.542. The Kier molecular flexibility index (Phi) is 11.1. The Morgan fingerprint density at radius 1 is 1.03 bits per heavy atom. The number of nitrogens with one attached hydrogen (secondary N) is 1. The maximum Gasteiger partial charge on any atom is 0.511 e. The standard InChI is InChI=1S/C24H34N4O9/c1-14(2)35-24(32)37-16(4)36-20(29)13-34-19-9-11-28(12-10-19)23(31)15(3)26-22(30)18-7-5-17(6-8-18)21(25)27-33/h5-8,14-16,19,33H,9-13H2,1-4H3,(H2,25,27)(H,26,30)/t15-,16?/m0/s1. The zero-order valence-electron chi connectivity index (χ0n) is 21.3. The molecule has 1 heterocycles. The van der Waals surface area contributed by atoms with E-state index >= 15 is 0 Å². The maximum atomic E-state index is 12.8. The van der Waals surface area contributed by atoms with Gasteiger partial charge in [-0.15, -0.1) is 0 Å². The molecule has 2 rings (SSSR count). The molecule has 204 valence electrons. The number of hydrogen-bond donors (Lipinski definition) is 3. The first-order valence-electron chi connectivity index (χ1n) is 11.9. The SMILES string of the molecule is CC(C)OC(=O)OC(C)OC(=O)COC1CCN(C(=O)[C@H](C)NC(=O)c2ccc(C(N)=NO)cc2)CC1. The first-order chi connectivity index (χ1) is 17.5. The molecule has 4 N–H and O–H groups in total. The molecule has 13 heteroatoms. The van der Waals surface area contributed by atoms with Crippen molar-refractivity contribution >= 4 is 29.8 Å². The lowest BCUT2D eigenvalue weighted by Gasteiger charge is -2.33. The first-order valence-corrected chi connectivity index (χ1v) is 11.9. The molecule has 1 unspecified atom stereocenters. The third kappa shape index (κ3) is 9.60. The van der Waals surface area contributed by atoms with Gasteiger partial charge in [0, 0.05) is 31.1 Å². The predicted octanol–water partition coefficient (Wildman–Crippen LogP) is 1.36. The summed E-state index contributed by atoms with van der Waals surface area (Å²) in [6, 6.07) is 5.33. The predicted molar refractivity (Wildman–Crippen MR) is 130 cm³/mol. The van der Waals surface area contributed by atoms with Crippen molar-refractivity contribution in [2.75, 3.05) is 19.7 Å². The van der Waals surface area contributed by atoms with Crippen LogP contribution in [0.4, 0.5) is 4.79 Å². The van der Waals surface area contributed by atoms with Gasteiger partial charge in [0.15, 0.2) is 5.84 Å². The number of esters is 1. The van der Waals surface area contributed by atoms with Crippen LogP contribution in [0.2, 0.25) is 0 Å². The molecule has 1 aromatic carbocycles. The highest BCUT2D eigenvalue weighted by atomic mass is 16.8. The number of nitrogens with two attached hydrogens (primary N) is 1. The highest BCUT2D eigenvalue weighted by molar-refractivity contribution is 6.00. The van der Waals surface area contributed by atoms with Crippen molar-refractivity contribution in [2.24, 2.45) is 10.9 Å². The third-order valence-electron chi connectivity index (χ3n) is 5.35. The highest BCUT2D eigenvalue weighted by Gasteiger charge is 2.28. The monoisotopic (exact) mass is 522 g/mol. The number of ether oxygens (including phenoxy) is 4. The van der Waals surface area contributed by atoms with Crippen LogP contribution >= 0.6 is 0 Å². The molecule has 1 aliphatic heterocycles. The summed E-state index contributed by atoms with van der Waals surface area (Å²) in [5.74, 6) is -1.44. The summed E-state index contributed by atoms with van der Waals surface area (Å²) in [5.41, 5.74) is 6.29. The van der Waals surface area contributed by atoms with Crippen molar-refractivity contribution < 1.29 is 43.3 Å². The van der Waals surface area contributed by atoms with Crippen molar-refractivity contribution in [2.45, 2.75) is 65.1 Å². The minimum absolute atomic E-state index is 0.0768. The van der Waals surface area contributed by atoms with E-state index in [9.17, 15) is 19.2 Å². The van der Waals surface area contributed by atoms with Crippen LogP contribution in [0.1, 0.15) is 56.5 Å². The number of oxime groups is 1. The number of benzene rings is 1. The molecule has 0 aliphatic carbocycles. The fourth-order valence-corrected chi connectivity index (χ4v) is 3.49. The van der Waals surface area contributed by atoms with Gasteiger partial charge in [0.2, 0.25) is 12.2 Å². The van der Waals surface area contributed by atoms with Crippen LogP contribution in [0.25, 0.3) is 0 Å². The molecule has 0 saturated carbocycles. The Morgan fingerprint density at radius 2 is 1.62 bits per heavy atom. The second-order valence-electron chi connectivity index (χ2n) is 8.69. The molecule has 37 heavy (non-hydrogen) atoms. The lowest BCUT2D eigenvalue weighted by Crippen LogP contribution is -2.50. The number of carbonyl (C=O) groups is 4. The Bertz CT molecular complexity index is 973. The van der Waals surface area contributed by atoms with E-state index in [1.165, 1.54) is 31.2 Å². The van der Waals surface area contributed by atoms with Crippen molar-refractivity contribution in [1.29, 1.82) is 0 Å². The van der Waals surface area contributed by atoms with Gasteiger partial charge in [0.1, 0.15) is 12.6 Å². The van der Waals surface area contributed by atoms with E-state index in [1.807, 2.05) is 0 Å². The van der Waals surface area contributed by atoms with Gasteiger partial charge in [0.05, 0.1) is 12.2 Å². The summed E-state index contributed by atoms with van der Waals surface area (Å²) in [5, 5.41) is 14.3. The molecule has 1 saturated heterocycles. The Morgan fingerprint density at radius 3 is 2.19 bits per heavy atom. The molecule has 0 radical (unpaired) electrons. The molecular formula is C24H34N4O9. The van der Waals surface area contributed by atoms with Gasteiger partial charge in [-0.25, -0.2) is 9.59 Å². The topological polar surface area (TPSA) is 179 Å². The third-order valence-corrected chi connectivity index (χ3v) is 5.35. The van der Waals surface area contributed by atoms with Crippen LogP contribution in [-0.4, -0.2) is 84.1 Å². The van der Waals surface area contributed by atoms with Crippen LogP contribution in [0.5, 0.6) is 0 Å². The second kappa shape index (κ2) is 14.0. The average molecular weight is 523 g/mol. The van der Waals surface area contributed by atoms with Gasteiger partial charge >= 0.3 is 12.1 Å². The van der Waals surface area contributed by atoms with Crippen molar-refractivity contribution in [1.82, 2.24) is 10.2 Å². The molecule has 2 atom stereocenters. The second-order valence-corrected chi connectivity index (χ2v) is 8.69. The van der Waals surface area contributed by atoms with Gasteiger partial charge in [-0.1, -0.05) is 17.3 Å². The summed E-state index contributed by atoms with van der Waals surface area (Å²) in [6.45, 7) is 6.78. The molecule has 0 spiro atoms. The number of piperidine rings is 1. The summed E-state index contributed by atoms with van der Waals surface area (Å²) in [7, 11) is 0. The van der Waals surface area contributed by atoms with Gasteiger partial charge in [-0.3, -0.25) is 9.59 Å². The van der Waals surface area contributed by atoms with Crippen molar-refractivity contribution in [3.05, 3.63) is 35.4 Å². The van der Waals surface area contributed by atoms with E-state index in [2.05, 4.69) is 10.5 Å². The Balaban J connectivity index is 1.72. The first kappa shape index (κ1) is 29.4. The molecule has 2 amide bonds. The smallest absolute Gasteiger partial charge is 0.431 e. The van der Waals surface area contributed by atoms with Gasteiger partial charge < -0.3 is 40.1 Å². The minimum atomic E-state index is -1.12. The number of rotatable bonds is 10. The van der Waals surface area contributed by atoms with E-state index in [4.69, 9.17) is 29.9 Å². The fourth-order valence-electron chi connectivity index (χ4n) is 3.49. The largest absolute Gasteiger partial charge is 0.511 e. The molecule has 1 aromatic rings. The number of hydrogen-bond acceptors (Lipinski definition) is 10.